The second kappa shape index (κ2) is 6.70. The lowest BCUT2D eigenvalue weighted by Crippen LogP contribution is -2.01. The lowest BCUT2D eigenvalue weighted by molar-refractivity contribution is 0.621. The zero-order valence-corrected chi connectivity index (χ0v) is 13.1. The van der Waals surface area contributed by atoms with E-state index >= 15 is 0 Å². The summed E-state index contributed by atoms with van der Waals surface area (Å²) in [6.45, 7) is 4.94. The van der Waals surface area contributed by atoms with E-state index in [2.05, 4.69) is 38.5 Å². The van der Waals surface area contributed by atoms with E-state index in [1.54, 1.807) is 18.5 Å². The molecule has 3 nitrogen and oxygen atoms in total. The molecule has 0 aliphatic heterocycles. The molecular formula is C15H17BrFN3. The van der Waals surface area contributed by atoms with Crippen LogP contribution in [0.4, 0.5) is 21.5 Å². The molecule has 2 aromatic rings. The van der Waals surface area contributed by atoms with Crippen molar-refractivity contribution >= 4 is 33.0 Å². The minimum Gasteiger partial charge on any atom is -0.384 e. The second-order valence-electron chi connectivity index (χ2n) is 4.60. The molecule has 0 aliphatic carbocycles. The van der Waals surface area contributed by atoms with Crippen LogP contribution in [0.15, 0.2) is 35.1 Å². The highest BCUT2D eigenvalue weighted by molar-refractivity contribution is 9.10. The second-order valence-corrected chi connectivity index (χ2v) is 5.45. The maximum atomic E-state index is 13.6. The lowest BCUT2D eigenvalue weighted by atomic mass is 10.2. The van der Waals surface area contributed by atoms with Gasteiger partial charge in [0.2, 0.25) is 0 Å². The Morgan fingerprint density at radius 2 is 1.95 bits per heavy atom. The van der Waals surface area contributed by atoms with Gasteiger partial charge in [0.05, 0.1) is 28.2 Å². The molecule has 0 saturated carbocycles. The molecule has 2 rings (SSSR count). The lowest BCUT2D eigenvalue weighted by Gasteiger charge is -2.12. The first-order valence-corrected chi connectivity index (χ1v) is 7.31. The third kappa shape index (κ3) is 3.70. The van der Waals surface area contributed by atoms with Crippen LogP contribution < -0.4 is 10.6 Å². The van der Waals surface area contributed by atoms with Crippen LogP contribution in [0, 0.1) is 12.7 Å². The number of halogens is 2. The molecule has 1 heterocycles. The Balaban J connectivity index is 2.19. The Hall–Kier alpha value is -1.62. The number of aromatic nitrogens is 1. The van der Waals surface area contributed by atoms with Crippen molar-refractivity contribution in [2.24, 2.45) is 0 Å². The number of hydrogen-bond acceptors (Lipinski definition) is 3. The molecule has 0 bridgehead atoms. The standard InChI is InChI=1S/C15H17BrFN3/c1-3-4-19-11-6-12(9-18-8-11)20-15-7-14(17)13(16)5-10(15)2/h5-9,19-20H,3-4H2,1-2H3. The van der Waals surface area contributed by atoms with Crippen molar-refractivity contribution in [1.82, 2.24) is 4.98 Å². The molecule has 20 heavy (non-hydrogen) atoms. The molecule has 0 fully saturated rings. The number of anilines is 3. The molecule has 1 aromatic heterocycles. The first-order chi connectivity index (χ1) is 9.60. The van der Waals surface area contributed by atoms with Crippen LogP contribution in [0.2, 0.25) is 0 Å². The van der Waals surface area contributed by atoms with E-state index in [0.717, 1.165) is 35.6 Å². The molecular weight excluding hydrogens is 321 g/mol. The minimum atomic E-state index is -0.286. The molecule has 0 atom stereocenters. The molecule has 0 radical (unpaired) electrons. The first kappa shape index (κ1) is 14.8. The van der Waals surface area contributed by atoms with E-state index in [9.17, 15) is 4.39 Å². The summed E-state index contributed by atoms with van der Waals surface area (Å²) in [4.78, 5) is 4.18. The Labute approximate surface area is 126 Å². The summed E-state index contributed by atoms with van der Waals surface area (Å²) in [5, 5.41) is 6.47. The van der Waals surface area contributed by atoms with Crippen molar-refractivity contribution in [3.8, 4) is 0 Å². The summed E-state index contributed by atoms with van der Waals surface area (Å²) >= 11 is 3.18. The van der Waals surface area contributed by atoms with Gasteiger partial charge in [0.1, 0.15) is 5.82 Å². The molecule has 106 valence electrons. The van der Waals surface area contributed by atoms with Gasteiger partial charge >= 0.3 is 0 Å². The number of aryl methyl sites for hydroxylation is 1. The quantitative estimate of drug-likeness (QED) is 0.818. The molecule has 0 spiro atoms. The Kier molecular flexibility index (Phi) is 4.95. The van der Waals surface area contributed by atoms with Crippen molar-refractivity contribution in [3.63, 3.8) is 0 Å². The monoisotopic (exact) mass is 337 g/mol. The minimum absolute atomic E-state index is 0.286. The highest BCUT2D eigenvalue weighted by Gasteiger charge is 2.06. The van der Waals surface area contributed by atoms with Crippen LogP contribution in [0.25, 0.3) is 0 Å². The van der Waals surface area contributed by atoms with E-state index in [1.165, 1.54) is 6.07 Å². The Morgan fingerprint density at radius 3 is 2.70 bits per heavy atom. The van der Waals surface area contributed by atoms with Crippen molar-refractivity contribution in [2.45, 2.75) is 20.3 Å². The van der Waals surface area contributed by atoms with Gasteiger partial charge in [-0.15, -0.1) is 0 Å². The summed E-state index contributed by atoms with van der Waals surface area (Å²) in [5.41, 5.74) is 3.48. The predicted molar refractivity (Wildman–Crippen MR) is 85.1 cm³/mol. The number of nitrogens with zero attached hydrogens (tertiary/aromatic N) is 1. The van der Waals surface area contributed by atoms with E-state index in [4.69, 9.17) is 0 Å². The maximum absolute atomic E-state index is 13.6. The molecule has 1 aromatic carbocycles. The molecule has 5 heteroatoms. The molecule has 0 amide bonds. The van der Waals surface area contributed by atoms with Gasteiger partial charge in [-0.25, -0.2) is 4.39 Å². The molecule has 0 aliphatic rings. The average molecular weight is 338 g/mol. The van der Waals surface area contributed by atoms with Gasteiger partial charge in [-0.05, 0) is 53.0 Å². The van der Waals surface area contributed by atoms with E-state index < -0.39 is 0 Å². The maximum Gasteiger partial charge on any atom is 0.139 e. The number of hydrogen-bond donors (Lipinski definition) is 2. The van der Waals surface area contributed by atoms with E-state index in [1.807, 2.05) is 13.0 Å². The fraction of sp³-hybridized carbons (Fsp3) is 0.267. The Bertz CT molecular complexity index is 602. The normalized spacial score (nSPS) is 10.4. The SMILES string of the molecule is CCCNc1cncc(Nc2cc(F)c(Br)cc2C)c1. The Morgan fingerprint density at radius 1 is 1.20 bits per heavy atom. The highest BCUT2D eigenvalue weighted by atomic mass is 79.9. The number of rotatable bonds is 5. The van der Waals surface area contributed by atoms with Crippen molar-refractivity contribution in [1.29, 1.82) is 0 Å². The number of pyridine rings is 1. The predicted octanol–water partition coefficient (Wildman–Crippen LogP) is 4.86. The van der Waals surface area contributed by atoms with Gasteiger partial charge in [-0.1, -0.05) is 6.92 Å². The zero-order valence-electron chi connectivity index (χ0n) is 11.5. The van der Waals surface area contributed by atoms with Crippen LogP contribution >= 0.6 is 15.9 Å². The third-order valence-corrected chi connectivity index (χ3v) is 3.47. The third-order valence-electron chi connectivity index (χ3n) is 2.86. The van der Waals surface area contributed by atoms with Crippen molar-refractivity contribution in [2.75, 3.05) is 17.2 Å². The summed E-state index contributed by atoms with van der Waals surface area (Å²) in [5.74, 6) is -0.286. The molecule has 0 unspecified atom stereocenters. The topological polar surface area (TPSA) is 37.0 Å². The van der Waals surface area contributed by atoms with Gasteiger partial charge in [-0.3, -0.25) is 4.98 Å². The number of nitrogens with one attached hydrogen (secondary N) is 2. The summed E-state index contributed by atoms with van der Waals surface area (Å²) < 4.78 is 14.1. The largest absolute Gasteiger partial charge is 0.384 e. The molecule has 2 N–H and O–H groups in total. The summed E-state index contributed by atoms with van der Waals surface area (Å²) in [6, 6.07) is 5.19. The zero-order chi connectivity index (χ0) is 14.5. The van der Waals surface area contributed by atoms with Crippen LogP contribution in [-0.4, -0.2) is 11.5 Å². The smallest absolute Gasteiger partial charge is 0.139 e. The van der Waals surface area contributed by atoms with E-state index in [0.29, 0.717) is 4.47 Å². The van der Waals surface area contributed by atoms with Gasteiger partial charge in [0.15, 0.2) is 0 Å². The van der Waals surface area contributed by atoms with Crippen LogP contribution in [0.3, 0.4) is 0 Å². The van der Waals surface area contributed by atoms with Gasteiger partial charge in [-0.2, -0.15) is 0 Å². The van der Waals surface area contributed by atoms with Crippen LogP contribution in [0.1, 0.15) is 18.9 Å². The summed E-state index contributed by atoms with van der Waals surface area (Å²) in [7, 11) is 0. The summed E-state index contributed by atoms with van der Waals surface area (Å²) in [6.07, 6.45) is 4.54. The van der Waals surface area contributed by atoms with Gasteiger partial charge in [0, 0.05) is 12.2 Å². The fourth-order valence-corrected chi connectivity index (χ4v) is 2.27. The van der Waals surface area contributed by atoms with Crippen LogP contribution in [0.5, 0.6) is 0 Å². The fourth-order valence-electron chi connectivity index (χ4n) is 1.81. The van der Waals surface area contributed by atoms with Gasteiger partial charge in [0.25, 0.3) is 0 Å². The van der Waals surface area contributed by atoms with Crippen LogP contribution in [-0.2, 0) is 0 Å². The van der Waals surface area contributed by atoms with Crippen molar-refractivity contribution < 1.29 is 4.39 Å². The van der Waals surface area contributed by atoms with Gasteiger partial charge < -0.3 is 10.6 Å². The first-order valence-electron chi connectivity index (χ1n) is 6.51. The highest BCUT2D eigenvalue weighted by Crippen LogP contribution is 2.27. The van der Waals surface area contributed by atoms with Crippen molar-refractivity contribution in [3.05, 3.63) is 46.4 Å². The number of benzene rings is 1. The molecule has 0 saturated heterocycles. The average Bonchev–Trinajstić information content (AvgIpc) is 2.43. The van der Waals surface area contributed by atoms with E-state index in [-0.39, 0.29) is 5.82 Å².